The minimum atomic E-state index is -0.487. The van der Waals surface area contributed by atoms with Crippen molar-refractivity contribution >= 4 is 23.1 Å². The van der Waals surface area contributed by atoms with Crippen LogP contribution in [0.2, 0.25) is 0 Å². The largest absolute Gasteiger partial charge is 0.325 e. The molecule has 128 valence electrons. The van der Waals surface area contributed by atoms with Gasteiger partial charge >= 0.3 is 0 Å². The Labute approximate surface area is 145 Å². The number of allylic oxidation sites excluding steroid dienone is 3. The Bertz CT molecular complexity index is 983. The molecule has 25 heavy (non-hydrogen) atoms. The second-order valence-corrected chi connectivity index (χ2v) is 6.00. The van der Waals surface area contributed by atoms with E-state index in [0.717, 1.165) is 40.6 Å². The molecule has 0 radical (unpaired) electrons. The molecule has 2 aromatic rings. The second kappa shape index (κ2) is 6.47. The van der Waals surface area contributed by atoms with Crippen molar-refractivity contribution in [3.8, 4) is 0 Å². The van der Waals surface area contributed by atoms with E-state index >= 15 is 0 Å². The topological polar surface area (TPSA) is 68.8 Å². The zero-order valence-corrected chi connectivity index (χ0v) is 14.1. The quantitative estimate of drug-likeness (QED) is 0.659. The summed E-state index contributed by atoms with van der Waals surface area (Å²) in [7, 11) is 0. The summed E-state index contributed by atoms with van der Waals surface area (Å²) in [4.78, 5) is 6.32. The number of benzene rings is 1. The third-order valence-corrected chi connectivity index (χ3v) is 4.41. The summed E-state index contributed by atoms with van der Waals surface area (Å²) in [5, 5.41) is 16.2. The van der Waals surface area contributed by atoms with Crippen LogP contribution in [0.5, 0.6) is 0 Å². The number of aromatic nitrogens is 2. The zero-order chi connectivity index (χ0) is 18.1. The molecule has 0 aliphatic carbocycles. The number of nitrogens with zero attached hydrogens (tertiary/aromatic N) is 3. The van der Waals surface area contributed by atoms with Gasteiger partial charge in [-0.05, 0) is 43.5 Å². The maximum atomic E-state index is 14.4. The molecule has 0 spiro atoms. The number of hydrogen-bond acceptors (Lipinski definition) is 4. The maximum Gasteiger partial charge on any atom is 0.229 e. The Balaban J connectivity index is 2.37. The molecule has 6 heteroatoms. The summed E-state index contributed by atoms with van der Waals surface area (Å²) in [6.45, 7) is 10.6. The molecule has 0 amide bonds. The van der Waals surface area contributed by atoms with Crippen molar-refractivity contribution < 1.29 is 4.39 Å². The Morgan fingerprint density at radius 1 is 1.40 bits per heavy atom. The lowest BCUT2D eigenvalue weighted by atomic mass is 9.96. The standard InChI is InChI=1S/C19H20FN5/c1-4-16-13(12(2)3)8-6-10-24(16)18-14-7-5-9-15(20)17(14)25(11-21)19(22)23-18/h4-5,7,9,11,21-22H,1-2,6,8,10H2,3H3. The third kappa shape index (κ3) is 2.69. The summed E-state index contributed by atoms with van der Waals surface area (Å²) >= 11 is 0. The molecule has 1 aliphatic heterocycles. The van der Waals surface area contributed by atoms with Crippen molar-refractivity contribution in [2.45, 2.75) is 19.8 Å². The molecular formula is C19H20FN5. The van der Waals surface area contributed by atoms with Crippen molar-refractivity contribution in [1.82, 2.24) is 9.55 Å². The van der Waals surface area contributed by atoms with Crippen LogP contribution in [0.4, 0.5) is 10.2 Å². The number of hydrogen-bond donors (Lipinski definition) is 2. The smallest absolute Gasteiger partial charge is 0.229 e. The first kappa shape index (κ1) is 16.8. The van der Waals surface area contributed by atoms with Crippen molar-refractivity contribution in [2.24, 2.45) is 0 Å². The molecule has 2 heterocycles. The van der Waals surface area contributed by atoms with Gasteiger partial charge in [0, 0.05) is 17.6 Å². The van der Waals surface area contributed by atoms with E-state index in [-0.39, 0.29) is 11.1 Å². The minimum absolute atomic E-state index is 0.179. The molecule has 0 bridgehead atoms. The van der Waals surface area contributed by atoms with E-state index in [1.54, 1.807) is 18.2 Å². The van der Waals surface area contributed by atoms with E-state index in [9.17, 15) is 4.39 Å². The first-order valence-electron chi connectivity index (χ1n) is 8.04. The van der Waals surface area contributed by atoms with Crippen LogP contribution >= 0.6 is 0 Å². The molecule has 0 saturated carbocycles. The van der Waals surface area contributed by atoms with Crippen LogP contribution < -0.4 is 10.5 Å². The predicted octanol–water partition coefficient (Wildman–Crippen LogP) is 3.73. The molecule has 1 aromatic carbocycles. The molecule has 0 fully saturated rings. The molecule has 1 aliphatic rings. The second-order valence-electron chi connectivity index (χ2n) is 6.00. The van der Waals surface area contributed by atoms with Gasteiger partial charge in [-0.25, -0.2) is 4.39 Å². The van der Waals surface area contributed by atoms with Crippen molar-refractivity contribution in [3.05, 3.63) is 65.7 Å². The fourth-order valence-electron chi connectivity index (χ4n) is 3.30. The zero-order valence-electron chi connectivity index (χ0n) is 14.1. The minimum Gasteiger partial charge on any atom is -0.325 e. The number of rotatable bonds is 4. The number of para-hydroxylation sites is 1. The van der Waals surface area contributed by atoms with Gasteiger partial charge in [-0.15, -0.1) is 0 Å². The molecular weight excluding hydrogens is 317 g/mol. The lowest BCUT2D eigenvalue weighted by molar-refractivity contribution is 0.632. The SMILES string of the molecule is C=CC1=C(C(=C)C)CCCN1c1nc(=N)n(C=N)c2c(F)cccc12. The Morgan fingerprint density at radius 3 is 2.80 bits per heavy atom. The predicted molar refractivity (Wildman–Crippen MR) is 98.3 cm³/mol. The van der Waals surface area contributed by atoms with Crippen LogP contribution in [0.1, 0.15) is 19.8 Å². The van der Waals surface area contributed by atoms with Crippen LogP contribution in [0.3, 0.4) is 0 Å². The van der Waals surface area contributed by atoms with Crippen molar-refractivity contribution in [2.75, 3.05) is 11.4 Å². The average Bonchev–Trinajstić information content (AvgIpc) is 2.61. The number of nitrogens with one attached hydrogen (secondary N) is 2. The molecule has 3 rings (SSSR count). The Kier molecular flexibility index (Phi) is 4.35. The molecule has 5 nitrogen and oxygen atoms in total. The Hall–Kier alpha value is -3.02. The molecule has 0 unspecified atom stereocenters. The van der Waals surface area contributed by atoms with Crippen LogP contribution in [0, 0.1) is 16.6 Å². The molecule has 2 N–H and O–H groups in total. The number of anilines is 1. The highest BCUT2D eigenvalue weighted by molar-refractivity contribution is 5.94. The van der Waals surface area contributed by atoms with Gasteiger partial charge < -0.3 is 4.90 Å². The van der Waals surface area contributed by atoms with E-state index < -0.39 is 5.82 Å². The van der Waals surface area contributed by atoms with Gasteiger partial charge in [0.25, 0.3) is 0 Å². The van der Waals surface area contributed by atoms with Gasteiger partial charge in [-0.3, -0.25) is 15.4 Å². The summed E-state index contributed by atoms with van der Waals surface area (Å²) < 4.78 is 15.6. The highest BCUT2D eigenvalue weighted by Crippen LogP contribution is 2.34. The van der Waals surface area contributed by atoms with E-state index in [4.69, 9.17) is 10.8 Å². The maximum absolute atomic E-state index is 14.4. The van der Waals surface area contributed by atoms with E-state index in [1.165, 1.54) is 6.07 Å². The van der Waals surface area contributed by atoms with Gasteiger partial charge in [0.05, 0.1) is 11.9 Å². The third-order valence-electron chi connectivity index (χ3n) is 4.41. The normalized spacial score (nSPS) is 14.7. The lowest BCUT2D eigenvalue weighted by Gasteiger charge is -2.32. The molecule has 0 saturated heterocycles. The lowest BCUT2D eigenvalue weighted by Crippen LogP contribution is -2.33. The summed E-state index contributed by atoms with van der Waals surface area (Å²) in [6.07, 6.45) is 4.48. The van der Waals surface area contributed by atoms with Crippen molar-refractivity contribution in [3.63, 3.8) is 0 Å². The van der Waals surface area contributed by atoms with Crippen LogP contribution in [0.15, 0.2) is 54.3 Å². The van der Waals surface area contributed by atoms with Gasteiger partial charge in [0.2, 0.25) is 5.62 Å². The fourth-order valence-corrected chi connectivity index (χ4v) is 3.30. The van der Waals surface area contributed by atoms with Gasteiger partial charge in [-0.2, -0.15) is 4.98 Å². The average molecular weight is 337 g/mol. The number of fused-ring (bicyclic) bond motifs is 1. The summed E-state index contributed by atoms with van der Waals surface area (Å²) in [5.41, 5.74) is 2.95. The van der Waals surface area contributed by atoms with Gasteiger partial charge in [0.1, 0.15) is 11.6 Å². The van der Waals surface area contributed by atoms with E-state index in [1.807, 2.05) is 11.8 Å². The van der Waals surface area contributed by atoms with Crippen LogP contribution in [0.25, 0.3) is 10.9 Å². The van der Waals surface area contributed by atoms with Gasteiger partial charge in [0.15, 0.2) is 0 Å². The molecule has 1 aromatic heterocycles. The highest BCUT2D eigenvalue weighted by Gasteiger charge is 2.24. The van der Waals surface area contributed by atoms with E-state index in [2.05, 4.69) is 18.1 Å². The van der Waals surface area contributed by atoms with E-state index in [0.29, 0.717) is 17.7 Å². The first-order chi connectivity index (χ1) is 12.0. The summed E-state index contributed by atoms with van der Waals surface area (Å²) in [5.74, 6) is 0.0189. The van der Waals surface area contributed by atoms with Crippen LogP contribution in [-0.4, -0.2) is 22.4 Å². The number of halogens is 1. The highest BCUT2D eigenvalue weighted by atomic mass is 19.1. The first-order valence-corrected chi connectivity index (χ1v) is 8.04. The summed E-state index contributed by atoms with van der Waals surface area (Å²) in [6, 6.07) is 4.70. The molecule has 0 atom stereocenters. The Morgan fingerprint density at radius 2 is 2.16 bits per heavy atom. The van der Waals surface area contributed by atoms with Crippen LogP contribution in [-0.2, 0) is 0 Å². The van der Waals surface area contributed by atoms with Crippen molar-refractivity contribution in [1.29, 1.82) is 10.8 Å². The monoisotopic (exact) mass is 337 g/mol. The van der Waals surface area contributed by atoms with Gasteiger partial charge in [-0.1, -0.05) is 24.8 Å². The fraction of sp³-hybridized carbons (Fsp3) is 0.211.